The van der Waals surface area contributed by atoms with Gasteiger partial charge in [0.05, 0.1) is 11.1 Å². The smallest absolute Gasteiger partial charge is 0.139 e. The van der Waals surface area contributed by atoms with Gasteiger partial charge in [-0.05, 0) is 59.5 Å². The third-order valence-electron chi connectivity index (χ3n) is 3.42. The Kier molecular flexibility index (Phi) is 4.84. The molecule has 0 heterocycles. The summed E-state index contributed by atoms with van der Waals surface area (Å²) in [4.78, 5) is 0. The Hall–Kier alpha value is -1.32. The van der Waals surface area contributed by atoms with Crippen molar-refractivity contribution in [2.45, 2.75) is 34.0 Å². The molecule has 0 saturated carbocycles. The minimum Gasteiger partial charge on any atom is -0.487 e. The van der Waals surface area contributed by atoms with Gasteiger partial charge >= 0.3 is 0 Å². The van der Waals surface area contributed by atoms with E-state index in [1.54, 1.807) is 0 Å². The van der Waals surface area contributed by atoms with Crippen molar-refractivity contribution >= 4 is 15.9 Å². The van der Waals surface area contributed by atoms with Crippen molar-refractivity contribution in [3.8, 4) is 5.75 Å². The molecule has 1 N–H and O–H groups in total. The standard InChI is InChI=1S/C17H19BrO2/c1-11-7-12(2)15(13(3)8-11)10-20-17-14(9-19)5-4-6-16(17)18/h4-8,19H,9-10H2,1-3H3. The summed E-state index contributed by atoms with van der Waals surface area (Å²) in [7, 11) is 0. The summed E-state index contributed by atoms with van der Waals surface area (Å²) in [6.45, 7) is 6.79. The fraction of sp³-hybridized carbons (Fsp3) is 0.294. The van der Waals surface area contributed by atoms with Gasteiger partial charge in [0.1, 0.15) is 12.4 Å². The van der Waals surface area contributed by atoms with Gasteiger partial charge in [-0.25, -0.2) is 0 Å². The lowest BCUT2D eigenvalue weighted by Gasteiger charge is -2.15. The van der Waals surface area contributed by atoms with Crippen LogP contribution in [0, 0.1) is 20.8 Å². The molecule has 2 rings (SSSR count). The van der Waals surface area contributed by atoms with Crippen molar-refractivity contribution in [1.29, 1.82) is 0 Å². The zero-order valence-corrected chi connectivity index (χ0v) is 13.6. The van der Waals surface area contributed by atoms with E-state index in [9.17, 15) is 5.11 Å². The average molecular weight is 335 g/mol. The summed E-state index contributed by atoms with van der Waals surface area (Å²) in [6, 6.07) is 10.0. The van der Waals surface area contributed by atoms with Crippen molar-refractivity contribution in [3.63, 3.8) is 0 Å². The van der Waals surface area contributed by atoms with Crippen molar-refractivity contribution in [1.82, 2.24) is 0 Å². The van der Waals surface area contributed by atoms with Gasteiger partial charge in [0, 0.05) is 5.56 Å². The second-order valence-electron chi connectivity index (χ2n) is 5.05. The molecule has 2 aromatic carbocycles. The minimum absolute atomic E-state index is 0.0271. The van der Waals surface area contributed by atoms with Crippen LogP contribution in [0.4, 0.5) is 0 Å². The molecule has 0 spiro atoms. The van der Waals surface area contributed by atoms with Gasteiger partial charge in [0.15, 0.2) is 0 Å². The Balaban J connectivity index is 2.26. The molecule has 0 aliphatic carbocycles. The highest BCUT2D eigenvalue weighted by Gasteiger charge is 2.10. The van der Waals surface area contributed by atoms with Gasteiger partial charge in [0.25, 0.3) is 0 Å². The summed E-state index contributed by atoms with van der Waals surface area (Å²) >= 11 is 3.47. The van der Waals surface area contributed by atoms with Gasteiger partial charge < -0.3 is 9.84 Å². The largest absolute Gasteiger partial charge is 0.487 e. The third kappa shape index (κ3) is 3.22. The van der Waals surface area contributed by atoms with Crippen molar-refractivity contribution in [3.05, 3.63) is 62.6 Å². The van der Waals surface area contributed by atoms with E-state index >= 15 is 0 Å². The first-order chi connectivity index (χ1) is 9.52. The van der Waals surface area contributed by atoms with E-state index < -0.39 is 0 Å². The maximum absolute atomic E-state index is 9.38. The SMILES string of the molecule is Cc1cc(C)c(COc2c(Br)cccc2CO)c(C)c1. The first kappa shape index (κ1) is 15.1. The monoisotopic (exact) mass is 334 g/mol. The molecule has 20 heavy (non-hydrogen) atoms. The number of benzene rings is 2. The van der Waals surface area contributed by atoms with Crippen molar-refractivity contribution in [2.24, 2.45) is 0 Å². The van der Waals surface area contributed by atoms with E-state index in [4.69, 9.17) is 4.74 Å². The van der Waals surface area contributed by atoms with Crippen LogP contribution < -0.4 is 4.74 Å². The number of aryl methyl sites for hydroxylation is 3. The summed E-state index contributed by atoms with van der Waals surface area (Å²) in [6.07, 6.45) is 0. The topological polar surface area (TPSA) is 29.5 Å². The van der Waals surface area contributed by atoms with E-state index in [1.807, 2.05) is 18.2 Å². The molecule has 0 aliphatic heterocycles. The molecule has 0 radical (unpaired) electrons. The first-order valence-electron chi connectivity index (χ1n) is 6.60. The predicted molar refractivity (Wildman–Crippen MR) is 85.0 cm³/mol. The van der Waals surface area contributed by atoms with E-state index in [2.05, 4.69) is 48.8 Å². The summed E-state index contributed by atoms with van der Waals surface area (Å²) < 4.78 is 6.81. The first-order valence-corrected chi connectivity index (χ1v) is 7.40. The molecule has 0 aromatic heterocycles. The minimum atomic E-state index is -0.0271. The number of hydrogen-bond acceptors (Lipinski definition) is 2. The van der Waals surface area contributed by atoms with Gasteiger partial charge in [-0.2, -0.15) is 0 Å². The molecule has 0 amide bonds. The quantitative estimate of drug-likeness (QED) is 0.895. The fourth-order valence-electron chi connectivity index (χ4n) is 2.42. The van der Waals surface area contributed by atoms with Gasteiger partial charge in [-0.1, -0.05) is 29.8 Å². The molecule has 0 saturated heterocycles. The Bertz CT molecular complexity index is 597. The highest BCUT2D eigenvalue weighted by atomic mass is 79.9. The van der Waals surface area contributed by atoms with Crippen LogP contribution in [0.25, 0.3) is 0 Å². The van der Waals surface area contributed by atoms with E-state index in [0.29, 0.717) is 6.61 Å². The third-order valence-corrected chi connectivity index (χ3v) is 4.04. The van der Waals surface area contributed by atoms with Crippen molar-refractivity contribution < 1.29 is 9.84 Å². The number of halogens is 1. The number of para-hydroxylation sites is 1. The maximum Gasteiger partial charge on any atom is 0.139 e. The van der Waals surface area contributed by atoms with Crippen LogP contribution in [-0.2, 0) is 13.2 Å². The second kappa shape index (κ2) is 6.42. The zero-order valence-electron chi connectivity index (χ0n) is 12.0. The van der Waals surface area contributed by atoms with Crippen LogP contribution in [0.5, 0.6) is 5.75 Å². The van der Waals surface area contributed by atoms with Crippen LogP contribution in [0.3, 0.4) is 0 Å². The van der Waals surface area contributed by atoms with Crippen LogP contribution >= 0.6 is 15.9 Å². The second-order valence-corrected chi connectivity index (χ2v) is 5.91. The summed E-state index contributed by atoms with van der Waals surface area (Å²) in [5, 5.41) is 9.38. The average Bonchev–Trinajstić information content (AvgIpc) is 2.38. The number of aliphatic hydroxyl groups is 1. The molecule has 2 nitrogen and oxygen atoms in total. The molecule has 3 heteroatoms. The Morgan fingerprint density at radius 1 is 1.10 bits per heavy atom. The number of hydrogen-bond donors (Lipinski definition) is 1. The van der Waals surface area contributed by atoms with E-state index in [1.165, 1.54) is 22.3 Å². The molecule has 0 fully saturated rings. The lowest BCUT2D eigenvalue weighted by atomic mass is 10.0. The summed E-state index contributed by atoms with van der Waals surface area (Å²) in [5.74, 6) is 0.717. The Morgan fingerprint density at radius 3 is 2.35 bits per heavy atom. The number of rotatable bonds is 4. The molecule has 0 atom stereocenters. The van der Waals surface area contributed by atoms with E-state index in [0.717, 1.165) is 15.8 Å². The molecule has 0 bridgehead atoms. The van der Waals surface area contributed by atoms with Crippen molar-refractivity contribution in [2.75, 3.05) is 0 Å². The van der Waals surface area contributed by atoms with Gasteiger partial charge in [0.2, 0.25) is 0 Å². The van der Waals surface area contributed by atoms with Crippen LogP contribution in [-0.4, -0.2) is 5.11 Å². The Labute approximate surface area is 128 Å². The zero-order chi connectivity index (χ0) is 14.7. The molecular formula is C17H19BrO2. The lowest BCUT2D eigenvalue weighted by molar-refractivity contribution is 0.257. The van der Waals surface area contributed by atoms with Crippen LogP contribution in [0.1, 0.15) is 27.8 Å². The highest BCUT2D eigenvalue weighted by Crippen LogP contribution is 2.30. The van der Waals surface area contributed by atoms with Crippen LogP contribution in [0.2, 0.25) is 0 Å². The van der Waals surface area contributed by atoms with E-state index in [-0.39, 0.29) is 6.61 Å². The number of aliphatic hydroxyl groups excluding tert-OH is 1. The van der Waals surface area contributed by atoms with Gasteiger partial charge in [-0.15, -0.1) is 0 Å². The molecule has 2 aromatic rings. The lowest BCUT2D eigenvalue weighted by Crippen LogP contribution is -2.03. The molecule has 0 unspecified atom stereocenters. The molecular weight excluding hydrogens is 316 g/mol. The normalized spacial score (nSPS) is 10.7. The Morgan fingerprint density at radius 2 is 1.75 bits per heavy atom. The molecule has 0 aliphatic rings. The van der Waals surface area contributed by atoms with Crippen LogP contribution in [0.15, 0.2) is 34.8 Å². The highest BCUT2D eigenvalue weighted by molar-refractivity contribution is 9.10. The fourth-order valence-corrected chi connectivity index (χ4v) is 2.94. The molecule has 106 valence electrons. The van der Waals surface area contributed by atoms with Gasteiger partial charge in [-0.3, -0.25) is 0 Å². The number of ether oxygens (including phenoxy) is 1. The summed E-state index contributed by atoms with van der Waals surface area (Å²) in [5.41, 5.74) is 5.73. The maximum atomic E-state index is 9.38. The predicted octanol–water partition coefficient (Wildman–Crippen LogP) is 4.45.